The van der Waals surface area contributed by atoms with Crippen molar-refractivity contribution >= 4 is 16.0 Å². The van der Waals surface area contributed by atoms with E-state index in [9.17, 15) is 4.79 Å². The van der Waals surface area contributed by atoms with Crippen molar-refractivity contribution in [3.63, 3.8) is 0 Å². The van der Waals surface area contributed by atoms with Crippen LogP contribution < -0.4 is 10.7 Å². The van der Waals surface area contributed by atoms with Crippen LogP contribution in [0.5, 0.6) is 0 Å². The number of amides is 2. The average molecular weight is 106 g/mol. The molecule has 2 amide bonds. The number of carbonyl (C=O) groups is 1. The van der Waals surface area contributed by atoms with Crippen LogP contribution in [0.15, 0.2) is 0 Å². The first kappa shape index (κ1) is 5.45. The second-order valence-corrected chi connectivity index (χ2v) is 1.37. The Balaban J connectivity index is 2.83. The topological polar surface area (TPSA) is 75.4 Å². The van der Waals surface area contributed by atoms with E-state index in [-0.39, 0.29) is 0 Å². The molecule has 0 heterocycles. The van der Waals surface area contributed by atoms with Crippen molar-refractivity contribution in [3.05, 3.63) is 0 Å². The molecule has 0 radical (unpaired) electrons. The van der Waals surface area contributed by atoms with Gasteiger partial charge in [-0.1, -0.05) is 0 Å². The van der Waals surface area contributed by atoms with Crippen molar-refractivity contribution in [2.75, 3.05) is 0 Å². The standard InChI is InChI=1S/CH6N2O2Si/c2-1(4)3-6-5/h5H,6H2,(H3,2,3,4). The molecule has 0 aromatic carbocycles. The van der Waals surface area contributed by atoms with Gasteiger partial charge >= 0.3 is 6.03 Å². The quantitative estimate of drug-likeness (QED) is 0.327. The third-order valence-electron chi connectivity index (χ3n) is 0.253. The number of hydrogen-bond acceptors (Lipinski definition) is 2. The highest BCUT2D eigenvalue weighted by molar-refractivity contribution is 6.27. The number of nitrogens with two attached hydrogens (primary N) is 1. The molecule has 0 aliphatic carbocycles. The Kier molecular flexibility index (Phi) is 2.43. The summed E-state index contributed by atoms with van der Waals surface area (Å²) in [5, 5.41) is 0. The monoisotopic (exact) mass is 106 g/mol. The summed E-state index contributed by atoms with van der Waals surface area (Å²) in [6, 6.07) is -0.649. The van der Waals surface area contributed by atoms with E-state index in [0.29, 0.717) is 0 Å². The number of urea groups is 1. The second kappa shape index (κ2) is 2.67. The van der Waals surface area contributed by atoms with Crippen LogP contribution in [-0.2, 0) is 0 Å². The van der Waals surface area contributed by atoms with Crippen LogP contribution in [-0.4, -0.2) is 20.8 Å². The molecule has 0 aromatic rings. The molecule has 0 atom stereocenters. The molecule has 5 heteroatoms. The average Bonchev–Trinajstić information content (AvgIpc) is 1.35. The van der Waals surface area contributed by atoms with Crippen LogP contribution in [0.25, 0.3) is 0 Å². The fourth-order valence-electron chi connectivity index (χ4n) is 0.0779. The van der Waals surface area contributed by atoms with Crippen molar-refractivity contribution < 1.29 is 9.59 Å². The lowest BCUT2D eigenvalue weighted by molar-refractivity contribution is 0.253. The Morgan fingerprint density at radius 2 is 2.50 bits per heavy atom. The van der Waals surface area contributed by atoms with Gasteiger partial charge in [-0.3, -0.25) is 0 Å². The lowest BCUT2D eigenvalue weighted by Crippen LogP contribution is -2.32. The van der Waals surface area contributed by atoms with Crippen LogP contribution in [0.2, 0.25) is 0 Å². The maximum Gasteiger partial charge on any atom is 0.305 e. The molecule has 0 spiro atoms. The minimum absolute atomic E-state index is 0.649. The van der Waals surface area contributed by atoms with Crippen LogP contribution in [0, 0.1) is 0 Å². The molecule has 0 fully saturated rings. The largest absolute Gasteiger partial charge is 0.420 e. The first-order chi connectivity index (χ1) is 2.77. The van der Waals surface area contributed by atoms with E-state index in [1.54, 1.807) is 0 Å². The maximum atomic E-state index is 9.59. The van der Waals surface area contributed by atoms with Gasteiger partial charge in [0.15, 0.2) is 0 Å². The third-order valence-corrected chi connectivity index (χ3v) is 0.760. The summed E-state index contributed by atoms with van der Waals surface area (Å²) in [6.45, 7) is 0. The minimum atomic E-state index is -1.36. The molecule has 6 heavy (non-hydrogen) atoms. The zero-order valence-corrected chi connectivity index (χ0v) is 4.55. The van der Waals surface area contributed by atoms with Gasteiger partial charge in [0, 0.05) is 0 Å². The molecular weight excluding hydrogens is 100 g/mol. The van der Waals surface area contributed by atoms with E-state index in [4.69, 9.17) is 4.80 Å². The van der Waals surface area contributed by atoms with E-state index >= 15 is 0 Å². The highest BCUT2D eigenvalue weighted by Gasteiger charge is 1.81. The summed E-state index contributed by atoms with van der Waals surface area (Å²) in [6.07, 6.45) is 0. The zero-order valence-electron chi connectivity index (χ0n) is 3.14. The molecule has 0 rings (SSSR count). The van der Waals surface area contributed by atoms with Crippen LogP contribution in [0.1, 0.15) is 0 Å². The van der Waals surface area contributed by atoms with Crippen molar-refractivity contribution in [1.29, 1.82) is 0 Å². The lowest BCUT2D eigenvalue weighted by Gasteiger charge is -1.87. The van der Waals surface area contributed by atoms with E-state index in [1.807, 2.05) is 4.98 Å². The van der Waals surface area contributed by atoms with Gasteiger partial charge in [0.1, 0.15) is 0 Å². The van der Waals surface area contributed by atoms with E-state index in [2.05, 4.69) is 5.73 Å². The predicted octanol–water partition coefficient (Wildman–Crippen LogP) is -2.35. The van der Waals surface area contributed by atoms with Gasteiger partial charge in [-0.2, -0.15) is 0 Å². The summed E-state index contributed by atoms with van der Waals surface area (Å²) < 4.78 is 0. The molecule has 36 valence electrons. The zero-order chi connectivity index (χ0) is 4.99. The first-order valence-electron chi connectivity index (χ1n) is 1.41. The Morgan fingerprint density at radius 3 is 2.50 bits per heavy atom. The molecule has 0 aromatic heterocycles. The van der Waals surface area contributed by atoms with Gasteiger partial charge in [-0.25, -0.2) is 4.79 Å². The van der Waals surface area contributed by atoms with Gasteiger partial charge in [-0.15, -0.1) is 0 Å². The Bertz CT molecular complexity index is 55.5. The van der Waals surface area contributed by atoms with Crippen molar-refractivity contribution in [1.82, 2.24) is 4.98 Å². The van der Waals surface area contributed by atoms with Gasteiger partial charge in [-0.05, 0) is 0 Å². The molecule has 0 aliphatic heterocycles. The smallest absolute Gasteiger partial charge is 0.305 e. The summed E-state index contributed by atoms with van der Waals surface area (Å²) in [4.78, 5) is 19.6. The minimum Gasteiger partial charge on any atom is -0.420 e. The number of rotatable bonds is 1. The number of hydrogen-bond donors (Lipinski definition) is 3. The fraction of sp³-hybridized carbons (Fsp3) is 0. The molecular formula is CH6N2O2Si. The SMILES string of the molecule is NC(=O)N[SiH2]O. The highest BCUT2D eigenvalue weighted by atomic mass is 28.2. The Hall–Kier alpha value is -0.553. The normalized spacial score (nSPS) is 9.50. The molecule has 0 bridgehead atoms. The summed E-state index contributed by atoms with van der Waals surface area (Å²) in [7, 11) is -1.36. The van der Waals surface area contributed by atoms with E-state index in [1.165, 1.54) is 0 Å². The van der Waals surface area contributed by atoms with Crippen LogP contribution in [0.4, 0.5) is 4.79 Å². The number of primary amides is 1. The molecule has 0 saturated heterocycles. The summed E-state index contributed by atoms with van der Waals surface area (Å²) in [5.41, 5.74) is 4.53. The van der Waals surface area contributed by atoms with Crippen LogP contribution >= 0.6 is 0 Å². The van der Waals surface area contributed by atoms with Crippen molar-refractivity contribution in [2.45, 2.75) is 0 Å². The Morgan fingerprint density at radius 1 is 2.00 bits per heavy atom. The molecule has 0 aliphatic rings. The number of nitrogens with one attached hydrogen (secondary N) is 1. The molecule has 0 saturated carbocycles. The van der Waals surface area contributed by atoms with Gasteiger partial charge in [0.05, 0.1) is 0 Å². The van der Waals surface area contributed by atoms with Crippen molar-refractivity contribution in [2.24, 2.45) is 5.73 Å². The highest BCUT2D eigenvalue weighted by Crippen LogP contribution is 1.43. The summed E-state index contributed by atoms with van der Waals surface area (Å²) >= 11 is 0. The fourth-order valence-corrected chi connectivity index (χ4v) is 0.234. The van der Waals surface area contributed by atoms with Crippen molar-refractivity contribution in [3.8, 4) is 0 Å². The first-order valence-corrected chi connectivity index (χ1v) is 2.75. The molecule has 4 N–H and O–H groups in total. The Labute approximate surface area is 37.4 Å². The predicted molar refractivity (Wildman–Crippen MR) is 23.5 cm³/mol. The van der Waals surface area contributed by atoms with E-state index in [0.717, 1.165) is 0 Å². The van der Waals surface area contributed by atoms with Gasteiger partial charge in [0.25, 0.3) is 9.92 Å². The second-order valence-electron chi connectivity index (χ2n) is 0.699. The molecule has 4 nitrogen and oxygen atoms in total. The van der Waals surface area contributed by atoms with Gasteiger partial charge in [0.2, 0.25) is 0 Å². The number of carbonyl (C=O) groups excluding carboxylic acids is 1. The maximum absolute atomic E-state index is 9.59. The van der Waals surface area contributed by atoms with Crippen LogP contribution in [0.3, 0.4) is 0 Å². The summed E-state index contributed by atoms with van der Waals surface area (Å²) in [5.74, 6) is 0. The van der Waals surface area contributed by atoms with Gasteiger partial charge < -0.3 is 15.5 Å². The van der Waals surface area contributed by atoms with E-state index < -0.39 is 16.0 Å². The lowest BCUT2D eigenvalue weighted by atomic mass is 11.2. The third kappa shape index (κ3) is 3.45. The molecule has 0 unspecified atom stereocenters.